The van der Waals surface area contributed by atoms with Crippen LogP contribution in [0.15, 0.2) is 42.6 Å². The van der Waals surface area contributed by atoms with Crippen LogP contribution in [0.2, 0.25) is 0 Å². The van der Waals surface area contributed by atoms with Crippen molar-refractivity contribution in [2.45, 2.75) is 6.54 Å². The van der Waals surface area contributed by atoms with Crippen molar-refractivity contribution in [2.75, 3.05) is 31.5 Å². The summed E-state index contributed by atoms with van der Waals surface area (Å²) >= 11 is 2.82. The van der Waals surface area contributed by atoms with Crippen LogP contribution in [0.4, 0.5) is 19.7 Å². The molecule has 156 valence electrons. The van der Waals surface area contributed by atoms with Crippen molar-refractivity contribution in [3.05, 3.63) is 68.4 Å². The molecule has 30 heavy (non-hydrogen) atoms. The van der Waals surface area contributed by atoms with Crippen LogP contribution < -0.4 is 5.32 Å². The van der Waals surface area contributed by atoms with Gasteiger partial charge in [-0.25, -0.2) is 14.4 Å². The molecule has 0 spiro atoms. The maximum absolute atomic E-state index is 14.3. The van der Waals surface area contributed by atoms with Crippen LogP contribution in [-0.4, -0.2) is 51.9 Å². The van der Waals surface area contributed by atoms with Crippen molar-refractivity contribution >= 4 is 50.8 Å². The van der Waals surface area contributed by atoms with E-state index < -0.39 is 5.82 Å². The SMILES string of the molecule is O=C(c1cccc(I)c1F)N1CCN(Cc2cccc(Nc3ncc(F)s3)n2)CC1. The molecule has 1 aliphatic heterocycles. The molecule has 2 aromatic heterocycles. The van der Waals surface area contributed by atoms with Gasteiger partial charge in [0.2, 0.25) is 0 Å². The third-order valence-electron chi connectivity index (χ3n) is 4.75. The highest BCUT2D eigenvalue weighted by Crippen LogP contribution is 2.21. The van der Waals surface area contributed by atoms with Crippen LogP contribution in [0.25, 0.3) is 0 Å². The molecule has 10 heteroatoms. The minimum atomic E-state index is -0.459. The van der Waals surface area contributed by atoms with Gasteiger partial charge in [0.1, 0.15) is 11.6 Å². The second-order valence-corrected chi connectivity index (χ2v) is 8.92. The first-order chi connectivity index (χ1) is 14.5. The number of amides is 1. The van der Waals surface area contributed by atoms with Gasteiger partial charge in [-0.05, 0) is 46.9 Å². The van der Waals surface area contributed by atoms with E-state index in [9.17, 15) is 13.6 Å². The van der Waals surface area contributed by atoms with Crippen LogP contribution in [0.1, 0.15) is 16.1 Å². The fourth-order valence-corrected chi connectivity index (χ4v) is 4.29. The van der Waals surface area contributed by atoms with Crippen LogP contribution in [0.5, 0.6) is 0 Å². The lowest BCUT2D eigenvalue weighted by atomic mass is 10.1. The Balaban J connectivity index is 1.34. The topological polar surface area (TPSA) is 61.4 Å². The van der Waals surface area contributed by atoms with Gasteiger partial charge in [0, 0.05) is 36.3 Å². The van der Waals surface area contributed by atoms with Crippen LogP contribution in [-0.2, 0) is 6.54 Å². The average Bonchev–Trinajstić information content (AvgIpc) is 3.15. The molecule has 1 aliphatic rings. The quantitative estimate of drug-likeness (QED) is 0.493. The lowest BCUT2D eigenvalue weighted by Crippen LogP contribution is -2.48. The van der Waals surface area contributed by atoms with E-state index in [0.29, 0.717) is 47.2 Å². The molecular formula is C20H18F2IN5OS. The van der Waals surface area contributed by atoms with Gasteiger partial charge in [-0.1, -0.05) is 23.5 Å². The van der Waals surface area contributed by atoms with Gasteiger partial charge < -0.3 is 10.2 Å². The van der Waals surface area contributed by atoms with Gasteiger partial charge in [0.15, 0.2) is 10.3 Å². The summed E-state index contributed by atoms with van der Waals surface area (Å²) in [7, 11) is 0. The molecule has 0 aliphatic carbocycles. The van der Waals surface area contributed by atoms with E-state index in [1.807, 2.05) is 34.7 Å². The summed E-state index contributed by atoms with van der Waals surface area (Å²) in [5.41, 5.74) is 0.981. The molecule has 0 unspecified atom stereocenters. The number of anilines is 2. The first-order valence-corrected chi connectivity index (χ1v) is 11.2. The zero-order valence-corrected chi connectivity index (χ0v) is 18.8. The van der Waals surface area contributed by atoms with Crippen LogP contribution in [0.3, 0.4) is 0 Å². The molecule has 1 amide bonds. The number of halogens is 3. The Bertz CT molecular complexity index is 1060. The molecule has 1 N–H and O–H groups in total. The number of nitrogens with one attached hydrogen (secondary N) is 1. The number of aromatic nitrogens is 2. The lowest BCUT2D eigenvalue weighted by Gasteiger charge is -2.34. The number of thiazole rings is 1. The van der Waals surface area contributed by atoms with Gasteiger partial charge in [-0.2, -0.15) is 4.39 Å². The van der Waals surface area contributed by atoms with Crippen molar-refractivity contribution < 1.29 is 13.6 Å². The van der Waals surface area contributed by atoms with Crippen LogP contribution in [0, 0.1) is 14.5 Å². The summed E-state index contributed by atoms with van der Waals surface area (Å²) < 4.78 is 27.8. The smallest absolute Gasteiger partial charge is 0.256 e. The summed E-state index contributed by atoms with van der Waals surface area (Å²) in [6.45, 7) is 3.03. The maximum atomic E-state index is 14.3. The average molecular weight is 541 g/mol. The Morgan fingerprint density at radius 1 is 1.13 bits per heavy atom. The Morgan fingerprint density at radius 3 is 2.63 bits per heavy atom. The van der Waals surface area contributed by atoms with Crippen LogP contribution >= 0.6 is 33.9 Å². The Morgan fingerprint density at radius 2 is 1.90 bits per heavy atom. The van der Waals surface area contributed by atoms with Crippen molar-refractivity contribution in [1.82, 2.24) is 19.8 Å². The monoisotopic (exact) mass is 541 g/mol. The predicted molar refractivity (Wildman–Crippen MR) is 120 cm³/mol. The highest BCUT2D eigenvalue weighted by atomic mass is 127. The Kier molecular flexibility index (Phi) is 6.54. The largest absolute Gasteiger partial charge is 0.336 e. The third-order valence-corrected chi connectivity index (χ3v) is 6.28. The van der Waals surface area contributed by atoms with Crippen molar-refractivity contribution in [2.24, 2.45) is 0 Å². The summed E-state index contributed by atoms with van der Waals surface area (Å²) in [6.07, 6.45) is 1.17. The molecular weight excluding hydrogens is 523 g/mol. The summed E-state index contributed by atoms with van der Waals surface area (Å²) in [4.78, 5) is 25.0. The molecule has 1 aromatic carbocycles. The zero-order valence-electron chi connectivity index (χ0n) is 15.8. The number of pyridine rings is 1. The minimum absolute atomic E-state index is 0.120. The maximum Gasteiger partial charge on any atom is 0.256 e. The van der Waals surface area contributed by atoms with E-state index >= 15 is 0 Å². The molecule has 0 bridgehead atoms. The summed E-state index contributed by atoms with van der Waals surface area (Å²) in [5.74, 6) is -0.130. The number of carbonyl (C=O) groups excluding carboxylic acids is 1. The summed E-state index contributed by atoms with van der Waals surface area (Å²) in [5, 5.41) is 3.10. The fraction of sp³-hybridized carbons (Fsp3) is 0.250. The van der Waals surface area contributed by atoms with E-state index in [4.69, 9.17) is 0 Å². The Labute approximate surface area is 190 Å². The molecule has 4 rings (SSSR count). The number of carbonyl (C=O) groups is 1. The van der Waals surface area contributed by atoms with Gasteiger partial charge in [-0.3, -0.25) is 9.69 Å². The van der Waals surface area contributed by atoms with Crippen molar-refractivity contribution in [1.29, 1.82) is 0 Å². The van der Waals surface area contributed by atoms with E-state index in [1.54, 1.807) is 23.1 Å². The molecule has 1 fully saturated rings. The van der Waals surface area contributed by atoms with E-state index in [-0.39, 0.29) is 16.6 Å². The second-order valence-electron chi connectivity index (χ2n) is 6.78. The van der Waals surface area contributed by atoms with Crippen molar-refractivity contribution in [3.63, 3.8) is 0 Å². The van der Waals surface area contributed by atoms with E-state index in [2.05, 4.69) is 20.2 Å². The zero-order chi connectivity index (χ0) is 21.1. The highest BCUT2D eigenvalue weighted by molar-refractivity contribution is 14.1. The highest BCUT2D eigenvalue weighted by Gasteiger charge is 2.25. The molecule has 3 heterocycles. The molecule has 0 saturated carbocycles. The van der Waals surface area contributed by atoms with Gasteiger partial charge in [-0.15, -0.1) is 0 Å². The normalized spacial score (nSPS) is 14.7. The third kappa shape index (κ3) is 4.93. The first kappa shape index (κ1) is 21.1. The molecule has 1 saturated heterocycles. The predicted octanol–water partition coefficient (Wildman–Crippen LogP) is 4.12. The number of benzene rings is 1. The van der Waals surface area contributed by atoms with Gasteiger partial charge >= 0.3 is 0 Å². The molecule has 6 nitrogen and oxygen atoms in total. The van der Waals surface area contributed by atoms with Crippen molar-refractivity contribution in [3.8, 4) is 0 Å². The van der Waals surface area contributed by atoms with Gasteiger partial charge in [0.25, 0.3) is 5.91 Å². The first-order valence-electron chi connectivity index (χ1n) is 9.29. The summed E-state index contributed by atoms with van der Waals surface area (Å²) in [6, 6.07) is 10.5. The number of hydrogen-bond acceptors (Lipinski definition) is 6. The molecule has 3 aromatic rings. The van der Waals surface area contributed by atoms with Gasteiger partial charge in [0.05, 0.1) is 17.5 Å². The van der Waals surface area contributed by atoms with E-state index in [1.165, 1.54) is 12.3 Å². The number of rotatable bonds is 5. The standard InChI is InChI=1S/C20H18F2IN5OS/c21-16-11-24-20(30-16)26-17-6-1-3-13(25-17)12-27-7-9-28(10-8-27)19(29)14-4-2-5-15(23)18(14)22/h1-6,11H,7-10,12H2,(H,24,25,26). The minimum Gasteiger partial charge on any atom is -0.336 e. The second kappa shape index (κ2) is 9.31. The van der Waals surface area contributed by atoms with E-state index in [0.717, 1.165) is 17.0 Å². The Hall–Kier alpha value is -2.18. The molecule has 0 atom stereocenters. The number of piperazine rings is 1. The lowest BCUT2D eigenvalue weighted by molar-refractivity contribution is 0.0622. The fourth-order valence-electron chi connectivity index (χ4n) is 3.24. The number of nitrogens with zero attached hydrogens (tertiary/aromatic N) is 4. The molecule has 0 radical (unpaired) electrons. The number of hydrogen-bond donors (Lipinski definition) is 1.